The minimum Gasteiger partial charge on any atom is -0.383 e. The van der Waals surface area contributed by atoms with Crippen LogP contribution in [0.4, 0.5) is 0 Å². The molecule has 0 atom stereocenters. The first-order chi connectivity index (χ1) is 8.19. The van der Waals surface area contributed by atoms with Crippen molar-refractivity contribution in [3.8, 4) is 0 Å². The molecular formula is C12H11Cl2NO2. The van der Waals surface area contributed by atoms with E-state index >= 15 is 0 Å². The maximum absolute atomic E-state index is 11.1. The number of halogens is 2. The molecule has 3 nitrogen and oxygen atoms in total. The van der Waals surface area contributed by atoms with Gasteiger partial charge < -0.3 is 9.30 Å². The van der Waals surface area contributed by atoms with Gasteiger partial charge in [0.05, 0.1) is 17.7 Å². The van der Waals surface area contributed by atoms with E-state index in [4.69, 9.17) is 27.9 Å². The molecule has 0 aliphatic rings. The molecule has 0 fully saturated rings. The van der Waals surface area contributed by atoms with Crippen molar-refractivity contribution in [1.29, 1.82) is 0 Å². The number of ether oxygens (including phenoxy) is 1. The number of fused-ring (bicyclic) bond motifs is 1. The number of aldehydes is 1. The molecule has 2 rings (SSSR count). The number of benzene rings is 1. The molecule has 0 aliphatic heterocycles. The summed E-state index contributed by atoms with van der Waals surface area (Å²) in [6, 6.07) is 5.38. The molecule has 5 heteroatoms. The minimum atomic E-state index is 0.425. The van der Waals surface area contributed by atoms with Crippen LogP contribution in [0.5, 0.6) is 0 Å². The first-order valence-corrected chi connectivity index (χ1v) is 5.86. The standard InChI is InChI=1S/C12H11Cl2NO2/c1-17-5-4-15-11-3-2-8(13)6-9(11)10(7-16)12(15)14/h2-3,6-7H,4-5H2,1H3. The van der Waals surface area contributed by atoms with E-state index in [0.29, 0.717) is 28.9 Å². The van der Waals surface area contributed by atoms with Crippen LogP contribution in [-0.4, -0.2) is 24.6 Å². The summed E-state index contributed by atoms with van der Waals surface area (Å²) in [4.78, 5) is 11.1. The zero-order valence-corrected chi connectivity index (χ0v) is 10.8. The number of carbonyl (C=O) groups excluding carboxylic acids is 1. The van der Waals surface area contributed by atoms with Gasteiger partial charge in [-0.2, -0.15) is 0 Å². The van der Waals surface area contributed by atoms with Gasteiger partial charge in [0, 0.05) is 24.1 Å². The van der Waals surface area contributed by atoms with Crippen molar-refractivity contribution >= 4 is 40.4 Å². The van der Waals surface area contributed by atoms with Crippen LogP contribution in [0.25, 0.3) is 10.9 Å². The van der Waals surface area contributed by atoms with Gasteiger partial charge in [0.25, 0.3) is 0 Å². The average Bonchev–Trinajstić information content (AvgIpc) is 2.57. The molecule has 90 valence electrons. The highest BCUT2D eigenvalue weighted by molar-refractivity contribution is 6.35. The molecule has 0 saturated carbocycles. The van der Waals surface area contributed by atoms with E-state index in [9.17, 15) is 4.79 Å². The Morgan fingerprint density at radius 1 is 1.41 bits per heavy atom. The second-order valence-corrected chi connectivity index (χ2v) is 4.42. The summed E-state index contributed by atoms with van der Waals surface area (Å²) in [5.74, 6) is 0. The maximum Gasteiger partial charge on any atom is 0.153 e. The van der Waals surface area contributed by atoms with Gasteiger partial charge in [-0.15, -0.1) is 0 Å². The Balaban J connectivity index is 2.66. The Hall–Kier alpha value is -1.03. The van der Waals surface area contributed by atoms with E-state index in [1.54, 1.807) is 19.2 Å². The Kier molecular flexibility index (Phi) is 3.72. The molecule has 1 aromatic carbocycles. The zero-order chi connectivity index (χ0) is 12.4. The second kappa shape index (κ2) is 5.08. The molecule has 0 N–H and O–H groups in total. The van der Waals surface area contributed by atoms with Gasteiger partial charge in [0.2, 0.25) is 0 Å². The lowest BCUT2D eigenvalue weighted by Gasteiger charge is -2.05. The SMILES string of the molecule is COCCn1c(Cl)c(C=O)c2cc(Cl)ccc21. The van der Waals surface area contributed by atoms with Crippen LogP contribution < -0.4 is 0 Å². The monoisotopic (exact) mass is 271 g/mol. The van der Waals surface area contributed by atoms with Crippen LogP contribution in [0.15, 0.2) is 18.2 Å². The highest BCUT2D eigenvalue weighted by Gasteiger charge is 2.15. The fraction of sp³-hybridized carbons (Fsp3) is 0.250. The van der Waals surface area contributed by atoms with E-state index in [-0.39, 0.29) is 0 Å². The van der Waals surface area contributed by atoms with E-state index in [0.717, 1.165) is 17.2 Å². The summed E-state index contributed by atoms with van der Waals surface area (Å²) < 4.78 is 6.87. The third kappa shape index (κ3) is 2.18. The largest absolute Gasteiger partial charge is 0.383 e. The summed E-state index contributed by atoms with van der Waals surface area (Å²) in [7, 11) is 1.62. The molecule has 0 aliphatic carbocycles. The van der Waals surface area contributed by atoms with Crippen molar-refractivity contribution in [3.05, 3.63) is 33.9 Å². The molecule has 0 amide bonds. The minimum absolute atomic E-state index is 0.425. The summed E-state index contributed by atoms with van der Waals surface area (Å²) >= 11 is 12.1. The molecule has 0 radical (unpaired) electrons. The molecule has 17 heavy (non-hydrogen) atoms. The van der Waals surface area contributed by atoms with E-state index in [2.05, 4.69) is 0 Å². The van der Waals surface area contributed by atoms with Crippen molar-refractivity contribution < 1.29 is 9.53 Å². The lowest BCUT2D eigenvalue weighted by molar-refractivity contribution is 0.112. The Morgan fingerprint density at radius 2 is 2.18 bits per heavy atom. The Bertz CT molecular complexity index is 563. The van der Waals surface area contributed by atoms with Crippen LogP contribution in [0.1, 0.15) is 10.4 Å². The topological polar surface area (TPSA) is 31.2 Å². The van der Waals surface area contributed by atoms with Gasteiger partial charge in [0.1, 0.15) is 5.15 Å². The van der Waals surface area contributed by atoms with Gasteiger partial charge in [-0.1, -0.05) is 23.2 Å². The highest BCUT2D eigenvalue weighted by Crippen LogP contribution is 2.30. The van der Waals surface area contributed by atoms with Crippen molar-refractivity contribution in [3.63, 3.8) is 0 Å². The summed E-state index contributed by atoms with van der Waals surface area (Å²) in [6.07, 6.45) is 0.754. The summed E-state index contributed by atoms with van der Waals surface area (Å²) in [5.41, 5.74) is 1.36. The van der Waals surface area contributed by atoms with Crippen molar-refractivity contribution in [2.75, 3.05) is 13.7 Å². The molecule has 0 saturated heterocycles. The van der Waals surface area contributed by atoms with Crippen LogP contribution >= 0.6 is 23.2 Å². The number of nitrogens with zero attached hydrogens (tertiary/aromatic N) is 1. The number of carbonyl (C=O) groups is 1. The molecule has 1 aromatic heterocycles. The number of aromatic nitrogens is 1. The third-order valence-corrected chi connectivity index (χ3v) is 3.28. The van der Waals surface area contributed by atoms with E-state index in [1.807, 2.05) is 10.6 Å². The summed E-state index contributed by atoms with van der Waals surface area (Å²) in [5, 5.41) is 1.78. The van der Waals surface area contributed by atoms with Crippen molar-refractivity contribution in [1.82, 2.24) is 4.57 Å². The molecule has 0 spiro atoms. The van der Waals surface area contributed by atoms with Crippen LogP contribution in [0, 0.1) is 0 Å². The molecular weight excluding hydrogens is 261 g/mol. The first-order valence-electron chi connectivity index (χ1n) is 5.10. The molecule has 2 aromatic rings. The molecule has 0 unspecified atom stereocenters. The Morgan fingerprint density at radius 3 is 2.82 bits per heavy atom. The van der Waals surface area contributed by atoms with Crippen molar-refractivity contribution in [2.24, 2.45) is 0 Å². The van der Waals surface area contributed by atoms with E-state index < -0.39 is 0 Å². The zero-order valence-electron chi connectivity index (χ0n) is 9.24. The van der Waals surface area contributed by atoms with Crippen molar-refractivity contribution in [2.45, 2.75) is 6.54 Å². The third-order valence-electron chi connectivity index (χ3n) is 2.64. The quantitative estimate of drug-likeness (QED) is 0.799. The molecule has 0 bridgehead atoms. The van der Waals surface area contributed by atoms with Crippen LogP contribution in [-0.2, 0) is 11.3 Å². The summed E-state index contributed by atoms with van der Waals surface area (Å²) in [6.45, 7) is 1.13. The smallest absolute Gasteiger partial charge is 0.153 e. The van der Waals surface area contributed by atoms with Gasteiger partial charge in [-0.3, -0.25) is 4.79 Å². The van der Waals surface area contributed by atoms with Gasteiger partial charge in [-0.25, -0.2) is 0 Å². The maximum atomic E-state index is 11.1. The fourth-order valence-electron chi connectivity index (χ4n) is 1.83. The normalized spacial score (nSPS) is 11.0. The van der Waals surface area contributed by atoms with Crippen LogP contribution in [0.2, 0.25) is 10.2 Å². The highest BCUT2D eigenvalue weighted by atomic mass is 35.5. The van der Waals surface area contributed by atoms with Gasteiger partial charge >= 0.3 is 0 Å². The second-order valence-electron chi connectivity index (χ2n) is 3.63. The number of hydrogen-bond donors (Lipinski definition) is 0. The van der Waals surface area contributed by atoms with E-state index in [1.165, 1.54) is 0 Å². The van der Waals surface area contributed by atoms with Gasteiger partial charge in [0.15, 0.2) is 6.29 Å². The fourth-order valence-corrected chi connectivity index (χ4v) is 2.33. The lowest BCUT2D eigenvalue weighted by Crippen LogP contribution is -2.04. The first kappa shape index (κ1) is 12.4. The average molecular weight is 272 g/mol. The number of hydrogen-bond acceptors (Lipinski definition) is 2. The lowest BCUT2D eigenvalue weighted by atomic mass is 10.2. The van der Waals surface area contributed by atoms with Gasteiger partial charge in [-0.05, 0) is 18.2 Å². The predicted molar refractivity (Wildman–Crippen MR) is 69.2 cm³/mol. The number of methoxy groups -OCH3 is 1. The number of rotatable bonds is 4. The Labute approximate surface area is 109 Å². The molecule has 1 heterocycles. The van der Waals surface area contributed by atoms with Crippen LogP contribution in [0.3, 0.4) is 0 Å². The predicted octanol–water partition coefficient (Wildman–Crippen LogP) is 3.41.